The van der Waals surface area contributed by atoms with Crippen LogP contribution >= 0.6 is 0 Å². The van der Waals surface area contributed by atoms with Crippen LogP contribution in [0.3, 0.4) is 0 Å². The number of aliphatic hydroxyl groups excluding tert-OH is 1. The number of unbranched alkanes of at least 4 members (excludes halogenated alkanes) is 1. The molecule has 1 rings (SSSR count). The van der Waals surface area contributed by atoms with Crippen molar-refractivity contribution in [3.05, 3.63) is 18.2 Å². The van der Waals surface area contributed by atoms with E-state index in [9.17, 15) is 19.2 Å². The van der Waals surface area contributed by atoms with Crippen molar-refractivity contribution in [2.24, 2.45) is 28.7 Å². The number of aliphatic carboxylic acids is 4. The average molecular weight is 496 g/mol. The largest absolute Gasteiger partial charge is 0.480 e. The summed E-state index contributed by atoms with van der Waals surface area (Å²) in [6, 6.07) is -3.42. The lowest BCUT2D eigenvalue weighted by molar-refractivity contribution is -0.140. The molecule has 1 heterocycles. The minimum Gasteiger partial charge on any atom is -0.480 e. The molecule has 16 nitrogen and oxygen atoms in total. The van der Waals surface area contributed by atoms with Gasteiger partial charge in [0.25, 0.3) is 0 Å². The van der Waals surface area contributed by atoms with E-state index < -0.39 is 54.7 Å². The van der Waals surface area contributed by atoms with E-state index >= 15 is 0 Å². The quantitative estimate of drug-likeness (QED) is 0.134. The first-order valence-corrected chi connectivity index (χ1v) is 9.92. The van der Waals surface area contributed by atoms with Crippen LogP contribution in [0.4, 0.5) is 0 Å². The highest BCUT2D eigenvalue weighted by atomic mass is 16.4. The Morgan fingerprint density at radius 3 is 1.62 bits per heavy atom. The first-order valence-electron chi connectivity index (χ1n) is 9.92. The van der Waals surface area contributed by atoms with Crippen molar-refractivity contribution in [3.8, 4) is 0 Å². The van der Waals surface area contributed by atoms with E-state index in [4.69, 9.17) is 54.2 Å². The molecular weight excluding hydrogens is 458 g/mol. The van der Waals surface area contributed by atoms with Crippen LogP contribution in [0.1, 0.15) is 31.9 Å². The number of carbonyl (C=O) groups is 4. The fourth-order valence-corrected chi connectivity index (χ4v) is 1.43. The van der Waals surface area contributed by atoms with Crippen molar-refractivity contribution in [1.29, 1.82) is 0 Å². The molecule has 0 aliphatic carbocycles. The van der Waals surface area contributed by atoms with Crippen molar-refractivity contribution >= 4 is 23.9 Å². The summed E-state index contributed by atoms with van der Waals surface area (Å²) in [6.07, 6.45) is 5.50. The number of hydrogen-bond acceptors (Lipinski definition) is 11. The third kappa shape index (κ3) is 23.5. The number of nitrogens with one attached hydrogen (secondary N) is 1. The van der Waals surface area contributed by atoms with Crippen molar-refractivity contribution in [3.63, 3.8) is 0 Å². The van der Waals surface area contributed by atoms with Gasteiger partial charge in [-0.2, -0.15) is 0 Å². The molecule has 0 spiro atoms. The molecule has 0 radical (unpaired) electrons. The van der Waals surface area contributed by atoms with E-state index in [2.05, 4.69) is 9.97 Å². The number of aromatic nitrogens is 2. The number of nitrogens with zero attached hydrogens (tertiary/aromatic N) is 1. The lowest BCUT2D eigenvalue weighted by Gasteiger charge is -2.03. The topological polar surface area (TPSA) is 328 Å². The number of carboxylic acid groups (broad SMARTS) is 4. The van der Waals surface area contributed by atoms with Gasteiger partial charge in [0, 0.05) is 18.3 Å². The molecule has 1 aromatic rings. The molecule has 16 N–H and O–H groups in total. The summed E-state index contributed by atoms with van der Waals surface area (Å²) in [5.74, 6) is -4.07. The SMILES string of the molecule is C[C@H](N)C(=O)O.NCCCC[C@H](N)C(=O)O.N[C@@H](Cc1cnc[nH]1)C(=O)O.N[C@H](CO)C(=O)O. The first kappa shape index (κ1) is 35.4. The van der Waals surface area contributed by atoms with Crippen LogP contribution in [-0.2, 0) is 25.6 Å². The van der Waals surface area contributed by atoms with Crippen LogP contribution in [0.5, 0.6) is 0 Å². The lowest BCUT2D eigenvalue weighted by Crippen LogP contribution is -2.33. The number of H-pyrrole nitrogens is 1. The molecule has 0 aliphatic rings. The number of imidazole rings is 1. The van der Waals surface area contributed by atoms with Gasteiger partial charge in [0.2, 0.25) is 0 Å². The number of rotatable bonds is 11. The highest BCUT2D eigenvalue weighted by Crippen LogP contribution is 1.97. The molecule has 0 aromatic carbocycles. The molecule has 0 bridgehead atoms. The zero-order chi connectivity index (χ0) is 27.3. The Balaban J connectivity index is -0.000000389. The molecule has 16 heteroatoms. The maximum atomic E-state index is 10.3. The summed E-state index contributed by atoms with van der Waals surface area (Å²) in [4.78, 5) is 46.1. The monoisotopic (exact) mass is 495 g/mol. The molecule has 0 fully saturated rings. The van der Waals surface area contributed by atoms with Gasteiger partial charge in [-0.3, -0.25) is 19.2 Å². The fourth-order valence-electron chi connectivity index (χ4n) is 1.43. The third-order valence-corrected chi connectivity index (χ3v) is 3.50. The molecule has 34 heavy (non-hydrogen) atoms. The molecule has 0 amide bonds. The second kappa shape index (κ2) is 21.7. The molecule has 0 unspecified atom stereocenters. The predicted molar refractivity (Wildman–Crippen MR) is 120 cm³/mol. The Bertz CT molecular complexity index is 687. The molecule has 0 saturated carbocycles. The Kier molecular flexibility index (Phi) is 22.6. The molecular formula is C18H37N7O9. The zero-order valence-corrected chi connectivity index (χ0v) is 18.9. The standard InChI is InChI=1S/C6H9N3O2.C6H14N2O2.C3H7NO3.C3H7NO2/c7-5(6(10)11)1-4-2-8-3-9-4;7-4-2-1-3-5(8)6(9)10;4-2(1-5)3(6)7;1-2(4)3(5)6/h2-3,5H,1,7H2,(H,8,9)(H,10,11);5H,1-4,7-8H2,(H,9,10);2,5H,1,4H2,(H,6,7);2H,4H2,1H3,(H,5,6)/t2*5-;2*2-/m0010/s1. The van der Waals surface area contributed by atoms with Crippen molar-refractivity contribution in [2.75, 3.05) is 13.2 Å². The minimum absolute atomic E-state index is 0.287. The second-order valence-corrected chi connectivity index (χ2v) is 6.71. The minimum atomic E-state index is -1.18. The fraction of sp³-hybridized carbons (Fsp3) is 0.611. The smallest absolute Gasteiger partial charge is 0.322 e. The van der Waals surface area contributed by atoms with E-state index in [1.165, 1.54) is 13.3 Å². The van der Waals surface area contributed by atoms with Gasteiger partial charge in [-0.1, -0.05) is 6.42 Å². The Morgan fingerprint density at radius 1 is 0.882 bits per heavy atom. The predicted octanol–water partition coefficient (Wildman–Crippen LogP) is -3.30. The van der Waals surface area contributed by atoms with Gasteiger partial charge < -0.3 is 59.2 Å². The summed E-state index contributed by atoms with van der Waals surface area (Å²) in [5.41, 5.74) is 26.0. The highest BCUT2D eigenvalue weighted by Gasteiger charge is 2.12. The van der Waals surface area contributed by atoms with Gasteiger partial charge in [0.05, 0.1) is 12.9 Å². The van der Waals surface area contributed by atoms with Gasteiger partial charge in [0.15, 0.2) is 0 Å². The maximum absolute atomic E-state index is 10.3. The van der Waals surface area contributed by atoms with E-state index in [0.29, 0.717) is 13.0 Å². The number of hydrogen-bond donors (Lipinski definition) is 11. The third-order valence-electron chi connectivity index (χ3n) is 3.50. The van der Waals surface area contributed by atoms with Crippen LogP contribution in [0.15, 0.2) is 12.5 Å². The highest BCUT2D eigenvalue weighted by molar-refractivity contribution is 5.74. The van der Waals surface area contributed by atoms with Crippen LogP contribution < -0.4 is 28.7 Å². The van der Waals surface area contributed by atoms with Crippen LogP contribution in [0.2, 0.25) is 0 Å². The van der Waals surface area contributed by atoms with Crippen LogP contribution in [0, 0.1) is 0 Å². The maximum Gasteiger partial charge on any atom is 0.322 e. The van der Waals surface area contributed by atoms with E-state index in [-0.39, 0.29) is 6.42 Å². The van der Waals surface area contributed by atoms with E-state index in [0.717, 1.165) is 18.5 Å². The van der Waals surface area contributed by atoms with Crippen LogP contribution in [0.25, 0.3) is 0 Å². The summed E-state index contributed by atoms with van der Waals surface area (Å²) < 4.78 is 0. The Labute approximate surface area is 196 Å². The van der Waals surface area contributed by atoms with Gasteiger partial charge in [0.1, 0.15) is 24.2 Å². The summed E-state index contributed by atoms with van der Waals surface area (Å²) in [7, 11) is 0. The first-order chi connectivity index (χ1) is 15.7. The van der Waals surface area contributed by atoms with Crippen molar-refractivity contribution < 1.29 is 44.7 Å². The summed E-state index contributed by atoms with van der Waals surface area (Å²) in [6.45, 7) is 1.52. The Morgan fingerprint density at radius 2 is 1.35 bits per heavy atom. The van der Waals surface area contributed by atoms with E-state index in [1.54, 1.807) is 6.20 Å². The second-order valence-electron chi connectivity index (χ2n) is 6.71. The summed E-state index contributed by atoms with van der Waals surface area (Å²) in [5, 5.41) is 40.5. The van der Waals surface area contributed by atoms with Gasteiger partial charge >= 0.3 is 23.9 Å². The molecule has 0 saturated heterocycles. The molecule has 0 aliphatic heterocycles. The lowest BCUT2D eigenvalue weighted by atomic mass is 10.1. The number of aromatic amines is 1. The number of aliphatic hydroxyl groups is 1. The van der Waals surface area contributed by atoms with Crippen molar-refractivity contribution in [1.82, 2.24) is 9.97 Å². The molecule has 4 atom stereocenters. The molecule has 198 valence electrons. The van der Waals surface area contributed by atoms with Crippen molar-refractivity contribution in [2.45, 2.75) is 56.8 Å². The zero-order valence-electron chi connectivity index (χ0n) is 18.9. The summed E-state index contributed by atoms with van der Waals surface area (Å²) >= 11 is 0. The number of carboxylic acids is 4. The normalized spacial score (nSPS) is 13.1. The van der Waals surface area contributed by atoms with E-state index in [1.807, 2.05) is 0 Å². The number of nitrogens with two attached hydrogens (primary N) is 5. The molecule has 1 aromatic heterocycles. The Hall–Kier alpha value is -3.15. The van der Waals surface area contributed by atoms with Gasteiger partial charge in [-0.15, -0.1) is 0 Å². The van der Waals surface area contributed by atoms with Gasteiger partial charge in [-0.25, -0.2) is 4.98 Å². The van der Waals surface area contributed by atoms with Gasteiger partial charge in [-0.05, 0) is 26.3 Å². The average Bonchev–Trinajstić information content (AvgIpc) is 3.27. The van der Waals surface area contributed by atoms with Crippen LogP contribution in [-0.4, -0.2) is 96.7 Å².